The van der Waals surface area contributed by atoms with Crippen LogP contribution in [0.1, 0.15) is 50.4 Å². The molecule has 1 aliphatic heterocycles. The van der Waals surface area contributed by atoms with Gasteiger partial charge in [-0.2, -0.15) is 0 Å². The number of hydrogen-bond donors (Lipinski definition) is 2. The van der Waals surface area contributed by atoms with E-state index < -0.39 is 15.8 Å². The first-order chi connectivity index (χ1) is 15.5. The first-order valence-corrected chi connectivity index (χ1v) is 10.5. The number of nitrogens with zero attached hydrogens (tertiary/aromatic N) is 5. The number of nitro groups is 2. The third kappa shape index (κ3) is 4.41. The van der Waals surface area contributed by atoms with Crippen LogP contribution in [0.15, 0.2) is 30.6 Å². The van der Waals surface area contributed by atoms with E-state index in [0.717, 1.165) is 19.3 Å². The molecule has 4 rings (SSSR count). The second-order valence-corrected chi connectivity index (χ2v) is 9.88. The Kier molecular flexibility index (Phi) is 5.38. The highest BCUT2D eigenvalue weighted by atomic mass is 16.6. The number of non-ortho nitro benzene ring substituents is 1. The monoisotopic (exact) mass is 455 g/mol. The molecule has 12 nitrogen and oxygen atoms in total. The van der Waals surface area contributed by atoms with E-state index in [-0.39, 0.29) is 45.4 Å². The number of rotatable bonds is 6. The van der Waals surface area contributed by atoms with Crippen LogP contribution in [0.2, 0.25) is 0 Å². The minimum Gasteiger partial charge on any atom is -0.347 e. The molecule has 2 atom stereocenters. The average Bonchev–Trinajstić information content (AvgIpc) is 3.00. The lowest BCUT2D eigenvalue weighted by Gasteiger charge is -2.39. The molecule has 2 N–H and O–H groups in total. The fraction of sp³-hybridized carbons (Fsp3) is 0.476. The maximum Gasteiger partial charge on any atom is 0.355 e. The van der Waals surface area contributed by atoms with E-state index in [4.69, 9.17) is 0 Å². The summed E-state index contributed by atoms with van der Waals surface area (Å²) in [6.45, 7) is 7.30. The minimum atomic E-state index is -0.620. The number of nitrogens with one attached hydrogen (secondary N) is 2. The molecule has 2 heterocycles. The second-order valence-electron chi connectivity index (χ2n) is 9.88. The lowest BCUT2D eigenvalue weighted by molar-refractivity contribution is -0.384. The van der Waals surface area contributed by atoms with Crippen molar-refractivity contribution in [3.05, 3.63) is 56.4 Å². The van der Waals surface area contributed by atoms with Crippen molar-refractivity contribution in [3.63, 3.8) is 0 Å². The van der Waals surface area contributed by atoms with Crippen molar-refractivity contribution in [3.8, 4) is 0 Å². The highest BCUT2D eigenvalue weighted by Crippen LogP contribution is 2.54. The lowest BCUT2D eigenvalue weighted by atomic mass is 9.65. The molecule has 1 saturated carbocycles. The van der Waals surface area contributed by atoms with Crippen LogP contribution in [0.4, 0.5) is 23.0 Å². The zero-order valence-corrected chi connectivity index (χ0v) is 18.6. The SMILES string of the molecule is CC1(C)CC2CC(C)(CN2c2ncnc(NNC(=O)c3ccc([N+](=O)[O-])cc3)c2[N+](=O)[O-])C1. The molecule has 33 heavy (non-hydrogen) atoms. The summed E-state index contributed by atoms with van der Waals surface area (Å²) in [5.41, 5.74) is 4.76. The first kappa shape index (κ1) is 22.4. The molecule has 2 aromatic rings. The fourth-order valence-corrected chi connectivity index (χ4v) is 5.47. The van der Waals surface area contributed by atoms with Crippen LogP contribution in [-0.4, -0.2) is 38.3 Å². The van der Waals surface area contributed by atoms with Crippen molar-refractivity contribution in [1.29, 1.82) is 0 Å². The molecule has 1 aromatic heterocycles. The van der Waals surface area contributed by atoms with Gasteiger partial charge >= 0.3 is 5.69 Å². The molecule has 1 amide bonds. The van der Waals surface area contributed by atoms with Gasteiger partial charge in [0.25, 0.3) is 11.6 Å². The summed E-state index contributed by atoms with van der Waals surface area (Å²) in [6, 6.07) is 5.13. The van der Waals surface area contributed by atoms with Crippen molar-refractivity contribution in [2.75, 3.05) is 16.9 Å². The third-order valence-electron chi connectivity index (χ3n) is 6.31. The Hall–Kier alpha value is -3.83. The standard InChI is InChI=1S/C21H25N7O5/c1-20(2)8-15-9-21(3,10-20)11-26(15)18-16(28(32)33)17(22-12-23-18)24-25-19(29)13-4-6-14(7-5-13)27(30)31/h4-7,12,15H,8-11H2,1-3H3,(H,25,29)(H,22,23,24). The van der Waals surface area contributed by atoms with Crippen LogP contribution in [0, 0.1) is 31.1 Å². The smallest absolute Gasteiger partial charge is 0.347 e. The van der Waals surface area contributed by atoms with Crippen LogP contribution < -0.4 is 15.8 Å². The number of carbonyl (C=O) groups is 1. The van der Waals surface area contributed by atoms with Gasteiger partial charge < -0.3 is 4.90 Å². The summed E-state index contributed by atoms with van der Waals surface area (Å²) in [4.78, 5) is 44.3. The van der Waals surface area contributed by atoms with Gasteiger partial charge in [-0.15, -0.1) is 0 Å². The Morgan fingerprint density at radius 3 is 2.42 bits per heavy atom. The zero-order valence-electron chi connectivity index (χ0n) is 18.6. The Labute approximate surface area is 189 Å². The maximum absolute atomic E-state index is 12.4. The van der Waals surface area contributed by atoms with Crippen LogP contribution in [0.25, 0.3) is 0 Å². The van der Waals surface area contributed by atoms with E-state index >= 15 is 0 Å². The molecule has 174 valence electrons. The van der Waals surface area contributed by atoms with E-state index in [0.29, 0.717) is 6.54 Å². The summed E-state index contributed by atoms with van der Waals surface area (Å²) < 4.78 is 0. The normalized spacial score (nSPS) is 23.1. The minimum absolute atomic E-state index is 0.0446. The number of hydrogen-bond acceptors (Lipinski definition) is 9. The number of benzene rings is 1. The Bertz CT molecular complexity index is 1120. The summed E-state index contributed by atoms with van der Waals surface area (Å²) in [6.07, 6.45) is 4.11. The summed E-state index contributed by atoms with van der Waals surface area (Å²) in [5, 5.41) is 22.8. The molecule has 2 unspecified atom stereocenters. The molecule has 2 bridgehead atoms. The topological polar surface area (TPSA) is 156 Å². The summed E-state index contributed by atoms with van der Waals surface area (Å²) in [7, 11) is 0. The van der Waals surface area contributed by atoms with E-state index in [2.05, 4.69) is 41.6 Å². The van der Waals surface area contributed by atoms with Gasteiger partial charge in [-0.3, -0.25) is 35.9 Å². The molecular weight excluding hydrogens is 430 g/mol. The average molecular weight is 455 g/mol. The van der Waals surface area contributed by atoms with Gasteiger partial charge in [-0.25, -0.2) is 9.97 Å². The molecule has 0 radical (unpaired) electrons. The number of hydrazine groups is 1. The van der Waals surface area contributed by atoms with Gasteiger partial charge in [0.1, 0.15) is 6.33 Å². The van der Waals surface area contributed by atoms with Crippen molar-refractivity contribution < 1.29 is 14.6 Å². The lowest BCUT2D eigenvalue weighted by Crippen LogP contribution is -2.35. The molecule has 12 heteroatoms. The third-order valence-corrected chi connectivity index (χ3v) is 6.31. The Morgan fingerprint density at radius 2 is 1.79 bits per heavy atom. The quantitative estimate of drug-likeness (QED) is 0.492. The molecule has 2 aliphatic rings. The Morgan fingerprint density at radius 1 is 1.09 bits per heavy atom. The number of nitro benzene ring substituents is 1. The van der Waals surface area contributed by atoms with Gasteiger partial charge in [0.15, 0.2) is 0 Å². The molecule has 2 fully saturated rings. The predicted molar refractivity (Wildman–Crippen MR) is 120 cm³/mol. The van der Waals surface area contributed by atoms with Gasteiger partial charge in [-0.1, -0.05) is 20.8 Å². The first-order valence-electron chi connectivity index (χ1n) is 10.5. The van der Waals surface area contributed by atoms with E-state index in [9.17, 15) is 25.0 Å². The van der Waals surface area contributed by atoms with Crippen LogP contribution in [0.3, 0.4) is 0 Å². The van der Waals surface area contributed by atoms with Crippen molar-refractivity contribution in [2.45, 2.75) is 46.1 Å². The van der Waals surface area contributed by atoms with Gasteiger partial charge in [0, 0.05) is 30.3 Å². The number of anilines is 2. The number of carbonyl (C=O) groups excluding carboxylic acids is 1. The highest BCUT2D eigenvalue weighted by molar-refractivity contribution is 5.95. The molecule has 1 aromatic carbocycles. The summed E-state index contributed by atoms with van der Waals surface area (Å²) in [5.74, 6) is -0.523. The molecule has 1 saturated heterocycles. The largest absolute Gasteiger partial charge is 0.355 e. The molecule has 1 aliphatic carbocycles. The van der Waals surface area contributed by atoms with Crippen molar-refractivity contribution >= 4 is 28.9 Å². The van der Waals surface area contributed by atoms with E-state index in [1.807, 2.05) is 4.90 Å². The van der Waals surface area contributed by atoms with Crippen LogP contribution in [0.5, 0.6) is 0 Å². The van der Waals surface area contributed by atoms with Crippen molar-refractivity contribution in [1.82, 2.24) is 15.4 Å². The predicted octanol–water partition coefficient (Wildman–Crippen LogP) is 3.45. The van der Waals surface area contributed by atoms with E-state index in [1.54, 1.807) is 0 Å². The summed E-state index contributed by atoms with van der Waals surface area (Å²) >= 11 is 0. The van der Waals surface area contributed by atoms with Crippen molar-refractivity contribution in [2.24, 2.45) is 10.8 Å². The van der Waals surface area contributed by atoms with Gasteiger partial charge in [-0.05, 0) is 42.2 Å². The zero-order chi connectivity index (χ0) is 24.0. The Balaban J connectivity index is 1.57. The van der Waals surface area contributed by atoms with Gasteiger partial charge in [0.05, 0.1) is 9.85 Å². The second kappa shape index (κ2) is 7.94. The van der Waals surface area contributed by atoms with Crippen LogP contribution in [-0.2, 0) is 0 Å². The maximum atomic E-state index is 12.4. The fourth-order valence-electron chi connectivity index (χ4n) is 5.47. The number of aromatic nitrogens is 2. The highest BCUT2D eigenvalue weighted by Gasteiger charge is 2.51. The molecule has 0 spiro atoms. The van der Waals surface area contributed by atoms with E-state index in [1.165, 1.54) is 30.6 Å². The molecular formula is C21H25N7O5. The number of fused-ring (bicyclic) bond motifs is 2. The van der Waals surface area contributed by atoms with Gasteiger partial charge in [0.2, 0.25) is 11.6 Å². The number of amides is 1. The van der Waals surface area contributed by atoms with Crippen LogP contribution >= 0.6 is 0 Å².